The standard InChI is InChI=1S/C9H6F.2ClH.Zr/c10-9-6-2-4-7-3-1-5-8(7)9;;;/h1-3,6H,5H2;2*1H;/q;;;+2/p-2. The second kappa shape index (κ2) is 3.84. The van der Waals surface area contributed by atoms with E-state index in [-0.39, 0.29) is 5.82 Å². The Balaban J connectivity index is 2.61. The molecule has 0 fully saturated rings. The van der Waals surface area contributed by atoms with Gasteiger partial charge in [-0.1, -0.05) is 0 Å². The normalized spacial score (nSPS) is 13.2. The van der Waals surface area contributed by atoms with Crippen LogP contribution in [0.5, 0.6) is 0 Å². The summed E-state index contributed by atoms with van der Waals surface area (Å²) in [5, 5.41) is 0. The van der Waals surface area contributed by atoms with Gasteiger partial charge in [-0.2, -0.15) is 0 Å². The fraction of sp³-hybridized carbons (Fsp3) is 0.111. The molecule has 2 rings (SSSR count). The fourth-order valence-electron chi connectivity index (χ4n) is 1.50. The minimum absolute atomic E-state index is 0.151. The summed E-state index contributed by atoms with van der Waals surface area (Å²) >= 11 is -2.40. The first-order valence-electron chi connectivity index (χ1n) is 3.86. The summed E-state index contributed by atoms with van der Waals surface area (Å²) in [4.78, 5) is 0. The zero-order valence-electron chi connectivity index (χ0n) is 6.65. The summed E-state index contributed by atoms with van der Waals surface area (Å²) in [7, 11) is 11.9. The molecule has 0 radical (unpaired) electrons. The van der Waals surface area contributed by atoms with Gasteiger partial charge in [0.25, 0.3) is 0 Å². The van der Waals surface area contributed by atoms with Crippen LogP contribution in [0.4, 0.5) is 4.39 Å². The van der Waals surface area contributed by atoms with Gasteiger partial charge in [0.2, 0.25) is 0 Å². The van der Waals surface area contributed by atoms with Gasteiger partial charge in [0.1, 0.15) is 0 Å². The van der Waals surface area contributed by atoms with E-state index >= 15 is 0 Å². The average Bonchev–Trinajstić information content (AvgIpc) is 2.53. The molecule has 1 aromatic carbocycles. The number of fused-ring (bicyclic) bond motifs is 1. The van der Waals surface area contributed by atoms with Crippen molar-refractivity contribution in [2.24, 2.45) is 0 Å². The molecule has 0 bridgehead atoms. The van der Waals surface area contributed by atoms with Gasteiger partial charge < -0.3 is 0 Å². The predicted octanol–water partition coefficient (Wildman–Crippen LogP) is 2.95. The summed E-state index contributed by atoms with van der Waals surface area (Å²) in [5.41, 5.74) is 1.68. The van der Waals surface area contributed by atoms with Crippen LogP contribution in [-0.4, -0.2) is 0 Å². The number of hydrogen-bond acceptors (Lipinski definition) is 0. The second-order valence-corrected chi connectivity index (χ2v) is 11.1. The Labute approximate surface area is 91.1 Å². The Hall–Kier alpha value is 0.353. The molecule has 0 nitrogen and oxygen atoms in total. The first kappa shape index (κ1) is 9.89. The van der Waals surface area contributed by atoms with E-state index in [1.54, 1.807) is 6.07 Å². The average molecular weight is 295 g/mol. The van der Waals surface area contributed by atoms with Crippen LogP contribution in [0.2, 0.25) is 0 Å². The number of benzene rings is 1. The Morgan fingerprint density at radius 1 is 1.31 bits per heavy atom. The van der Waals surface area contributed by atoms with E-state index in [9.17, 15) is 4.39 Å². The van der Waals surface area contributed by atoms with Crippen LogP contribution in [0.1, 0.15) is 11.1 Å². The molecule has 13 heavy (non-hydrogen) atoms. The number of rotatable bonds is 1. The Bertz CT molecular complexity index is 374. The van der Waals surface area contributed by atoms with Gasteiger partial charge >= 0.3 is 91.7 Å². The Morgan fingerprint density at radius 2 is 2.08 bits per heavy atom. The van der Waals surface area contributed by atoms with Gasteiger partial charge in [-0.05, 0) is 0 Å². The Kier molecular flexibility index (Phi) is 2.92. The molecule has 0 unspecified atom stereocenters. The minimum atomic E-state index is -2.40. The Morgan fingerprint density at radius 3 is 2.77 bits per heavy atom. The van der Waals surface area contributed by atoms with Crippen molar-refractivity contribution in [3.05, 3.63) is 35.2 Å². The van der Waals surface area contributed by atoms with Crippen LogP contribution in [-0.2, 0) is 25.8 Å². The molecule has 67 valence electrons. The van der Waals surface area contributed by atoms with Crippen LogP contribution in [0.3, 0.4) is 0 Å². The van der Waals surface area contributed by atoms with Crippen LogP contribution in [0, 0.1) is 5.82 Å². The molecule has 4 heteroatoms. The quantitative estimate of drug-likeness (QED) is 0.747. The molecule has 0 saturated carbocycles. The zero-order valence-corrected chi connectivity index (χ0v) is 10.6. The molecular formula is C9H6Cl2FZr. The van der Waals surface area contributed by atoms with Gasteiger partial charge in [0.05, 0.1) is 0 Å². The van der Waals surface area contributed by atoms with Crippen LogP contribution < -0.4 is 3.27 Å². The molecule has 1 aliphatic carbocycles. The molecular weight excluding hydrogens is 289 g/mol. The molecule has 0 amide bonds. The van der Waals surface area contributed by atoms with E-state index in [1.807, 2.05) is 12.2 Å². The zero-order chi connectivity index (χ0) is 9.42. The van der Waals surface area contributed by atoms with E-state index in [4.69, 9.17) is 17.0 Å². The SMILES string of the molecule is Fc1cc[c]([Zr]([Cl])[Cl])c2c1CC=C2. The third kappa shape index (κ3) is 1.77. The van der Waals surface area contributed by atoms with Crippen molar-refractivity contribution >= 4 is 26.4 Å². The van der Waals surface area contributed by atoms with E-state index in [0.717, 1.165) is 14.4 Å². The first-order valence-corrected chi connectivity index (χ1v) is 11.4. The summed E-state index contributed by atoms with van der Waals surface area (Å²) in [5.74, 6) is -0.151. The fourth-order valence-corrected chi connectivity index (χ4v) is 5.04. The first-order chi connectivity index (χ1) is 6.20. The van der Waals surface area contributed by atoms with E-state index in [1.165, 1.54) is 6.07 Å². The van der Waals surface area contributed by atoms with E-state index < -0.39 is 19.4 Å². The summed E-state index contributed by atoms with van der Waals surface area (Å²) in [6.45, 7) is 0. The van der Waals surface area contributed by atoms with Crippen molar-refractivity contribution in [1.82, 2.24) is 0 Å². The van der Waals surface area contributed by atoms with Gasteiger partial charge in [-0.3, -0.25) is 0 Å². The third-order valence-corrected chi connectivity index (χ3v) is 6.59. The number of halogens is 3. The molecule has 1 aliphatic rings. The van der Waals surface area contributed by atoms with Crippen LogP contribution >= 0.6 is 17.0 Å². The molecule has 0 saturated heterocycles. The molecule has 0 heterocycles. The molecule has 0 aromatic heterocycles. The maximum absolute atomic E-state index is 13.2. The van der Waals surface area contributed by atoms with E-state index in [0.29, 0.717) is 6.42 Å². The summed E-state index contributed by atoms with van der Waals surface area (Å²) in [6, 6.07) is 3.19. The van der Waals surface area contributed by atoms with Gasteiger partial charge in [0.15, 0.2) is 0 Å². The predicted molar refractivity (Wildman–Crippen MR) is 50.5 cm³/mol. The van der Waals surface area contributed by atoms with Crippen molar-refractivity contribution in [2.45, 2.75) is 6.42 Å². The van der Waals surface area contributed by atoms with Gasteiger partial charge in [-0.25, -0.2) is 0 Å². The van der Waals surface area contributed by atoms with E-state index in [2.05, 4.69) is 0 Å². The summed E-state index contributed by atoms with van der Waals surface area (Å²) in [6.07, 6.45) is 4.52. The number of hydrogen-bond donors (Lipinski definition) is 0. The van der Waals surface area contributed by atoms with Gasteiger partial charge in [0, 0.05) is 0 Å². The van der Waals surface area contributed by atoms with Crippen molar-refractivity contribution in [3.63, 3.8) is 0 Å². The monoisotopic (exact) mass is 293 g/mol. The molecule has 0 atom stereocenters. The molecule has 0 N–H and O–H groups in total. The second-order valence-electron chi connectivity index (χ2n) is 2.85. The molecule has 0 aliphatic heterocycles. The van der Waals surface area contributed by atoms with Gasteiger partial charge in [-0.15, -0.1) is 0 Å². The van der Waals surface area contributed by atoms with Crippen LogP contribution in [0.25, 0.3) is 6.08 Å². The van der Waals surface area contributed by atoms with Crippen molar-refractivity contribution in [3.8, 4) is 0 Å². The molecule has 0 spiro atoms. The maximum atomic E-state index is 13.2. The molecule has 1 aromatic rings. The van der Waals surface area contributed by atoms with Crippen LogP contribution in [0.15, 0.2) is 18.2 Å². The van der Waals surface area contributed by atoms with Crippen molar-refractivity contribution in [1.29, 1.82) is 0 Å². The van der Waals surface area contributed by atoms with Crippen molar-refractivity contribution in [2.75, 3.05) is 0 Å². The topological polar surface area (TPSA) is 0 Å². The van der Waals surface area contributed by atoms with Crippen molar-refractivity contribution < 1.29 is 23.8 Å². The summed E-state index contributed by atoms with van der Waals surface area (Å²) < 4.78 is 14.2. The third-order valence-electron chi connectivity index (χ3n) is 2.11. The number of allylic oxidation sites excluding steroid dienone is 1.